The SMILES string of the molecule is CC[C@H](CCCCCO)NC(=O)c1cnn2c(NC)cc(Nc3cccn(C(C)C)c3=O)nc12. The van der Waals surface area contributed by atoms with E-state index in [-0.39, 0.29) is 30.2 Å². The Kier molecular flexibility index (Phi) is 8.64. The minimum absolute atomic E-state index is 0.0258. The Morgan fingerprint density at radius 2 is 2.03 bits per heavy atom. The molecule has 34 heavy (non-hydrogen) atoms. The summed E-state index contributed by atoms with van der Waals surface area (Å²) in [4.78, 5) is 30.5. The van der Waals surface area contributed by atoms with E-state index in [1.54, 1.807) is 34.5 Å². The van der Waals surface area contributed by atoms with Gasteiger partial charge in [0.2, 0.25) is 0 Å². The maximum Gasteiger partial charge on any atom is 0.274 e. The van der Waals surface area contributed by atoms with E-state index in [0.717, 1.165) is 32.1 Å². The van der Waals surface area contributed by atoms with Gasteiger partial charge in [-0.3, -0.25) is 9.59 Å². The van der Waals surface area contributed by atoms with Crippen molar-refractivity contribution < 1.29 is 9.90 Å². The molecule has 0 saturated carbocycles. The fourth-order valence-corrected chi connectivity index (χ4v) is 3.84. The molecule has 3 aromatic rings. The Morgan fingerprint density at radius 1 is 1.24 bits per heavy atom. The van der Waals surface area contributed by atoms with E-state index < -0.39 is 0 Å². The van der Waals surface area contributed by atoms with Crippen molar-refractivity contribution in [3.05, 3.63) is 46.5 Å². The van der Waals surface area contributed by atoms with Gasteiger partial charge in [0.15, 0.2) is 5.65 Å². The first kappa shape index (κ1) is 25.2. The van der Waals surface area contributed by atoms with Gasteiger partial charge in [0.05, 0.1) is 6.20 Å². The van der Waals surface area contributed by atoms with E-state index in [1.807, 2.05) is 26.8 Å². The molecule has 3 aromatic heterocycles. The van der Waals surface area contributed by atoms with Crippen LogP contribution >= 0.6 is 0 Å². The molecular weight excluding hydrogens is 434 g/mol. The van der Waals surface area contributed by atoms with Crippen LogP contribution in [0.3, 0.4) is 0 Å². The van der Waals surface area contributed by atoms with Gasteiger partial charge in [0.25, 0.3) is 11.5 Å². The quantitative estimate of drug-likeness (QED) is 0.300. The first-order valence-electron chi connectivity index (χ1n) is 11.9. The molecule has 0 saturated heterocycles. The summed E-state index contributed by atoms with van der Waals surface area (Å²) in [5.41, 5.74) is 1.00. The molecule has 0 aliphatic carbocycles. The number of hydrogen-bond donors (Lipinski definition) is 4. The average molecular weight is 470 g/mol. The van der Waals surface area contributed by atoms with Crippen LogP contribution in [0.25, 0.3) is 5.65 Å². The molecule has 184 valence electrons. The van der Waals surface area contributed by atoms with Crippen molar-refractivity contribution in [1.82, 2.24) is 24.5 Å². The van der Waals surface area contributed by atoms with E-state index in [2.05, 4.69) is 26.0 Å². The van der Waals surface area contributed by atoms with Crippen molar-refractivity contribution in [2.45, 2.75) is 65.0 Å². The summed E-state index contributed by atoms with van der Waals surface area (Å²) >= 11 is 0. The van der Waals surface area contributed by atoms with Crippen molar-refractivity contribution in [2.24, 2.45) is 0 Å². The second-order valence-corrected chi connectivity index (χ2v) is 8.57. The number of hydrogen-bond acceptors (Lipinski definition) is 7. The summed E-state index contributed by atoms with van der Waals surface area (Å²) in [6.45, 7) is 6.12. The number of nitrogens with zero attached hydrogens (tertiary/aromatic N) is 4. The summed E-state index contributed by atoms with van der Waals surface area (Å²) in [5.74, 6) is 0.821. The van der Waals surface area contributed by atoms with Crippen LogP contribution in [0.2, 0.25) is 0 Å². The zero-order chi connectivity index (χ0) is 24.7. The number of unbranched alkanes of at least 4 members (excludes halogenated alkanes) is 2. The van der Waals surface area contributed by atoms with Crippen molar-refractivity contribution >= 4 is 28.9 Å². The lowest BCUT2D eigenvalue weighted by atomic mass is 10.1. The van der Waals surface area contributed by atoms with Crippen LogP contribution in [0.15, 0.2) is 35.4 Å². The third-order valence-electron chi connectivity index (χ3n) is 5.80. The summed E-state index contributed by atoms with van der Waals surface area (Å²) in [6.07, 6.45) is 7.56. The van der Waals surface area contributed by atoms with Gasteiger partial charge < -0.3 is 25.6 Å². The minimum atomic E-state index is -0.238. The predicted octanol–water partition coefficient (Wildman–Crippen LogP) is 3.32. The highest BCUT2D eigenvalue weighted by Gasteiger charge is 2.20. The lowest BCUT2D eigenvalue weighted by Gasteiger charge is -2.16. The van der Waals surface area contributed by atoms with Gasteiger partial charge in [-0.05, 0) is 45.2 Å². The van der Waals surface area contributed by atoms with Crippen LogP contribution in [-0.4, -0.2) is 49.9 Å². The molecule has 0 aromatic carbocycles. The van der Waals surface area contributed by atoms with Crippen LogP contribution in [0.1, 0.15) is 69.3 Å². The van der Waals surface area contributed by atoms with Crippen molar-refractivity contribution in [3.63, 3.8) is 0 Å². The molecule has 4 N–H and O–H groups in total. The third-order valence-corrected chi connectivity index (χ3v) is 5.80. The van der Waals surface area contributed by atoms with Crippen LogP contribution in [0, 0.1) is 0 Å². The van der Waals surface area contributed by atoms with Crippen molar-refractivity contribution in [1.29, 1.82) is 0 Å². The molecule has 0 fully saturated rings. The third kappa shape index (κ3) is 5.74. The Bertz CT molecular complexity index is 1170. The van der Waals surface area contributed by atoms with Gasteiger partial charge >= 0.3 is 0 Å². The number of carbonyl (C=O) groups excluding carboxylic acids is 1. The monoisotopic (exact) mass is 469 g/mol. The first-order valence-corrected chi connectivity index (χ1v) is 11.9. The van der Waals surface area contributed by atoms with E-state index in [4.69, 9.17) is 5.11 Å². The maximum absolute atomic E-state index is 13.1. The predicted molar refractivity (Wildman–Crippen MR) is 134 cm³/mol. The highest BCUT2D eigenvalue weighted by atomic mass is 16.3. The maximum atomic E-state index is 13.1. The molecule has 0 unspecified atom stereocenters. The average Bonchev–Trinajstić information content (AvgIpc) is 3.25. The second-order valence-electron chi connectivity index (χ2n) is 8.57. The minimum Gasteiger partial charge on any atom is -0.396 e. The fourth-order valence-electron chi connectivity index (χ4n) is 3.84. The van der Waals surface area contributed by atoms with E-state index in [0.29, 0.717) is 28.5 Å². The number of pyridine rings is 1. The number of nitrogens with one attached hydrogen (secondary N) is 3. The molecule has 1 amide bonds. The number of fused-ring (bicyclic) bond motifs is 1. The highest BCUT2D eigenvalue weighted by molar-refractivity contribution is 6.00. The number of aliphatic hydroxyl groups excluding tert-OH is 1. The molecule has 0 aliphatic rings. The molecule has 1 atom stereocenters. The topological polar surface area (TPSA) is 126 Å². The molecule has 3 heterocycles. The van der Waals surface area contributed by atoms with Crippen LogP contribution in [-0.2, 0) is 0 Å². The Labute approximate surface area is 199 Å². The Balaban J connectivity index is 1.88. The molecular formula is C24H35N7O3. The lowest BCUT2D eigenvalue weighted by molar-refractivity contribution is 0.0934. The number of rotatable bonds is 12. The molecule has 3 rings (SSSR count). The summed E-state index contributed by atoms with van der Waals surface area (Å²) in [5, 5.41) is 22.6. The molecule has 0 bridgehead atoms. The normalized spacial score (nSPS) is 12.2. The van der Waals surface area contributed by atoms with Crippen molar-refractivity contribution in [2.75, 3.05) is 24.3 Å². The zero-order valence-corrected chi connectivity index (χ0v) is 20.3. The lowest BCUT2D eigenvalue weighted by Crippen LogP contribution is -2.34. The van der Waals surface area contributed by atoms with Gasteiger partial charge in [-0.25, -0.2) is 4.98 Å². The van der Waals surface area contributed by atoms with Gasteiger partial charge in [-0.1, -0.05) is 19.8 Å². The largest absolute Gasteiger partial charge is 0.396 e. The highest BCUT2D eigenvalue weighted by Crippen LogP contribution is 2.21. The zero-order valence-electron chi connectivity index (χ0n) is 20.3. The Morgan fingerprint density at radius 3 is 2.71 bits per heavy atom. The fraction of sp³-hybridized carbons (Fsp3) is 0.500. The molecule has 10 heteroatoms. The van der Waals surface area contributed by atoms with Gasteiger partial charge in [0, 0.05) is 38.0 Å². The summed E-state index contributed by atoms with van der Waals surface area (Å²) in [6, 6.07) is 5.32. The standard InChI is InChI=1S/C24H35N7O3/c1-5-17(10-7-6-8-13-32)27-23(33)18-15-26-31-21(25-4)14-20(29-22(18)31)28-19-11-9-12-30(16(2)3)24(19)34/h9,11-12,14-17,25,32H,5-8,10,13H2,1-4H3,(H,27,33)(H,28,29)/t17-/m1/s1. The van der Waals surface area contributed by atoms with E-state index in [9.17, 15) is 9.59 Å². The van der Waals surface area contributed by atoms with E-state index >= 15 is 0 Å². The number of aliphatic hydroxyl groups is 1. The van der Waals surface area contributed by atoms with Crippen LogP contribution < -0.4 is 21.5 Å². The second kappa shape index (κ2) is 11.6. The molecule has 0 aliphatic heterocycles. The summed E-state index contributed by atoms with van der Waals surface area (Å²) < 4.78 is 3.21. The number of aromatic nitrogens is 4. The van der Waals surface area contributed by atoms with Crippen LogP contribution in [0.4, 0.5) is 17.3 Å². The number of anilines is 3. The van der Waals surface area contributed by atoms with Gasteiger partial charge in [-0.2, -0.15) is 9.61 Å². The first-order chi connectivity index (χ1) is 16.4. The smallest absolute Gasteiger partial charge is 0.274 e. The molecule has 0 radical (unpaired) electrons. The summed E-state index contributed by atoms with van der Waals surface area (Å²) in [7, 11) is 1.76. The Hall–Kier alpha value is -3.40. The molecule has 0 spiro atoms. The van der Waals surface area contributed by atoms with Crippen LogP contribution in [0.5, 0.6) is 0 Å². The number of amides is 1. The number of carbonyl (C=O) groups is 1. The van der Waals surface area contributed by atoms with Gasteiger partial charge in [-0.15, -0.1) is 0 Å². The van der Waals surface area contributed by atoms with Gasteiger partial charge in [0.1, 0.15) is 22.9 Å². The van der Waals surface area contributed by atoms with Crippen molar-refractivity contribution in [3.8, 4) is 0 Å². The van der Waals surface area contributed by atoms with E-state index in [1.165, 1.54) is 6.20 Å². The molecule has 10 nitrogen and oxygen atoms in total.